The number of benzene rings is 1. The van der Waals surface area contributed by atoms with Crippen molar-refractivity contribution in [2.24, 2.45) is 0 Å². The van der Waals surface area contributed by atoms with E-state index >= 15 is 0 Å². The van der Waals surface area contributed by atoms with Crippen LogP contribution in [0.4, 0.5) is 5.69 Å². The van der Waals surface area contributed by atoms with Crippen molar-refractivity contribution in [1.82, 2.24) is 4.90 Å². The third-order valence-corrected chi connectivity index (χ3v) is 6.16. The van der Waals surface area contributed by atoms with Gasteiger partial charge in [0, 0.05) is 25.6 Å². The number of hydrogen-bond donors (Lipinski definition) is 0. The highest BCUT2D eigenvalue weighted by atomic mass is 32.2. The summed E-state index contributed by atoms with van der Waals surface area (Å²) in [5.74, 6) is 0.0607. The minimum atomic E-state index is -3.44. The molecule has 1 aliphatic heterocycles. The van der Waals surface area contributed by atoms with E-state index in [4.69, 9.17) is 0 Å². The van der Waals surface area contributed by atoms with Crippen LogP contribution in [0.15, 0.2) is 18.2 Å². The van der Waals surface area contributed by atoms with E-state index in [1.807, 2.05) is 36.9 Å². The molecule has 1 heterocycles. The summed E-state index contributed by atoms with van der Waals surface area (Å²) in [7, 11) is -3.44. The number of carbonyl (C=O) groups excluding carboxylic acids is 1. The van der Waals surface area contributed by atoms with Gasteiger partial charge in [0.25, 0.3) is 0 Å². The van der Waals surface area contributed by atoms with Crippen LogP contribution in [-0.4, -0.2) is 44.6 Å². The Hall–Kier alpha value is -1.56. The number of nitrogens with zero attached hydrogens (tertiary/aromatic N) is 2. The topological polar surface area (TPSA) is 57.7 Å². The van der Waals surface area contributed by atoms with Crippen molar-refractivity contribution in [3.63, 3.8) is 0 Å². The Morgan fingerprint density at radius 1 is 1.28 bits per heavy atom. The summed E-state index contributed by atoms with van der Waals surface area (Å²) < 4.78 is 26.0. The maximum Gasteiger partial charge on any atom is 0.232 e. The first kappa shape index (κ1) is 19.8. The average molecular weight is 367 g/mol. The van der Waals surface area contributed by atoms with Crippen LogP contribution in [0.2, 0.25) is 0 Å². The zero-order valence-corrected chi connectivity index (χ0v) is 16.6. The van der Waals surface area contributed by atoms with Crippen LogP contribution in [0.25, 0.3) is 0 Å². The highest BCUT2D eigenvalue weighted by Gasteiger charge is 2.27. The van der Waals surface area contributed by atoms with Gasteiger partial charge in [0.15, 0.2) is 0 Å². The lowest BCUT2D eigenvalue weighted by atomic mass is 9.99. The lowest BCUT2D eigenvalue weighted by Gasteiger charge is -2.36. The molecule has 1 unspecified atom stereocenters. The second-order valence-corrected chi connectivity index (χ2v) is 8.93. The predicted octanol–water partition coefficient (Wildman–Crippen LogP) is 3.25. The van der Waals surface area contributed by atoms with E-state index in [1.165, 1.54) is 17.0 Å². The fraction of sp³-hybridized carbons (Fsp3) is 0.632. The lowest BCUT2D eigenvalue weighted by Crippen LogP contribution is -2.45. The molecule has 0 aromatic heterocycles. The number of aryl methyl sites for hydroxylation is 2. The first-order valence-corrected chi connectivity index (χ1v) is 10.9. The normalized spacial score (nSPS) is 18.2. The molecule has 6 heteroatoms. The predicted molar refractivity (Wildman–Crippen MR) is 102 cm³/mol. The summed E-state index contributed by atoms with van der Waals surface area (Å²) in [6.45, 7) is 6.92. The highest BCUT2D eigenvalue weighted by Crippen LogP contribution is 2.25. The van der Waals surface area contributed by atoms with Gasteiger partial charge in [-0.05, 0) is 56.7 Å². The Bertz CT molecular complexity index is 715. The van der Waals surface area contributed by atoms with Gasteiger partial charge in [-0.15, -0.1) is 0 Å². The van der Waals surface area contributed by atoms with Crippen LogP contribution in [0.5, 0.6) is 0 Å². The van der Waals surface area contributed by atoms with E-state index in [-0.39, 0.29) is 18.9 Å². The average Bonchev–Trinajstić information content (AvgIpc) is 2.56. The van der Waals surface area contributed by atoms with E-state index in [2.05, 4.69) is 6.92 Å². The Balaban J connectivity index is 2.16. The molecule has 1 atom stereocenters. The Morgan fingerprint density at radius 3 is 2.64 bits per heavy atom. The maximum absolute atomic E-state index is 12.7. The maximum atomic E-state index is 12.7. The molecule has 1 amide bonds. The van der Waals surface area contributed by atoms with Crippen LogP contribution in [0, 0.1) is 13.8 Å². The summed E-state index contributed by atoms with van der Waals surface area (Å²) in [4.78, 5) is 14.6. The fourth-order valence-corrected chi connectivity index (χ4v) is 4.52. The summed E-state index contributed by atoms with van der Waals surface area (Å²) in [5, 5.41) is 0. The Morgan fingerprint density at radius 2 is 2.00 bits per heavy atom. The summed E-state index contributed by atoms with van der Waals surface area (Å²) in [6, 6.07) is 6.05. The molecule has 1 saturated heterocycles. The minimum Gasteiger partial charge on any atom is -0.340 e. The first-order valence-electron chi connectivity index (χ1n) is 9.08. The molecular formula is C19H30N2O3S. The molecule has 25 heavy (non-hydrogen) atoms. The zero-order chi connectivity index (χ0) is 18.6. The molecule has 2 rings (SSSR count). The van der Waals surface area contributed by atoms with E-state index < -0.39 is 10.0 Å². The number of rotatable bonds is 6. The van der Waals surface area contributed by atoms with Crippen molar-refractivity contribution in [3.05, 3.63) is 29.3 Å². The zero-order valence-electron chi connectivity index (χ0n) is 15.8. The van der Waals surface area contributed by atoms with E-state index in [0.29, 0.717) is 11.7 Å². The second kappa shape index (κ2) is 8.21. The molecule has 1 aromatic carbocycles. The molecule has 140 valence electrons. The summed E-state index contributed by atoms with van der Waals surface area (Å²) in [6.07, 6.45) is 5.63. The third-order valence-electron chi connectivity index (χ3n) is 4.98. The van der Waals surface area contributed by atoms with E-state index in [9.17, 15) is 13.2 Å². The van der Waals surface area contributed by atoms with Crippen molar-refractivity contribution >= 4 is 21.6 Å². The van der Waals surface area contributed by atoms with Gasteiger partial charge in [-0.3, -0.25) is 9.10 Å². The molecule has 0 aliphatic carbocycles. The van der Waals surface area contributed by atoms with Gasteiger partial charge >= 0.3 is 0 Å². The summed E-state index contributed by atoms with van der Waals surface area (Å²) >= 11 is 0. The van der Waals surface area contributed by atoms with Crippen LogP contribution >= 0.6 is 0 Å². The lowest BCUT2D eigenvalue weighted by molar-refractivity contribution is -0.134. The smallest absolute Gasteiger partial charge is 0.232 e. The van der Waals surface area contributed by atoms with Crippen LogP contribution in [0.1, 0.15) is 50.2 Å². The number of amides is 1. The molecule has 0 bridgehead atoms. The van der Waals surface area contributed by atoms with Crippen molar-refractivity contribution in [3.8, 4) is 0 Å². The highest BCUT2D eigenvalue weighted by molar-refractivity contribution is 7.92. The van der Waals surface area contributed by atoms with Gasteiger partial charge < -0.3 is 4.90 Å². The molecule has 0 N–H and O–H groups in total. The molecule has 1 aliphatic rings. The van der Waals surface area contributed by atoms with Gasteiger partial charge in [0.1, 0.15) is 0 Å². The molecule has 5 nitrogen and oxygen atoms in total. The molecular weight excluding hydrogens is 336 g/mol. The molecule has 0 radical (unpaired) electrons. The van der Waals surface area contributed by atoms with Crippen LogP contribution in [-0.2, 0) is 14.8 Å². The van der Waals surface area contributed by atoms with Crippen molar-refractivity contribution in [2.45, 2.75) is 58.9 Å². The third kappa shape index (κ3) is 4.97. The van der Waals surface area contributed by atoms with Crippen molar-refractivity contribution in [2.75, 3.05) is 23.7 Å². The number of anilines is 1. The number of piperidine rings is 1. The first-order chi connectivity index (χ1) is 11.7. The molecule has 0 spiro atoms. The number of carbonyl (C=O) groups is 1. The van der Waals surface area contributed by atoms with Gasteiger partial charge in [0.2, 0.25) is 15.9 Å². The van der Waals surface area contributed by atoms with Crippen molar-refractivity contribution in [1.29, 1.82) is 0 Å². The van der Waals surface area contributed by atoms with E-state index in [0.717, 1.165) is 36.9 Å². The van der Waals surface area contributed by atoms with Crippen LogP contribution in [0.3, 0.4) is 0 Å². The van der Waals surface area contributed by atoms with Gasteiger partial charge in [0.05, 0.1) is 11.9 Å². The van der Waals surface area contributed by atoms with Gasteiger partial charge in [-0.25, -0.2) is 8.42 Å². The molecule has 1 aromatic rings. The Labute approximate surface area is 152 Å². The number of sulfonamides is 1. The van der Waals surface area contributed by atoms with Gasteiger partial charge in [-0.1, -0.05) is 19.1 Å². The minimum absolute atomic E-state index is 0.0607. The molecule has 1 fully saturated rings. The SMILES string of the molecule is CCC1CCCCN1C(=O)CCN(c1cc(C)ccc1C)S(C)(=O)=O. The van der Waals surface area contributed by atoms with Crippen molar-refractivity contribution < 1.29 is 13.2 Å². The number of hydrogen-bond acceptors (Lipinski definition) is 3. The summed E-state index contributed by atoms with van der Waals surface area (Å²) in [5.41, 5.74) is 2.57. The second-order valence-electron chi connectivity index (χ2n) is 7.02. The fourth-order valence-electron chi connectivity index (χ4n) is 3.55. The Kier molecular flexibility index (Phi) is 6.49. The van der Waals surface area contributed by atoms with E-state index in [1.54, 1.807) is 0 Å². The quantitative estimate of drug-likeness (QED) is 0.776. The number of likely N-dealkylation sites (tertiary alicyclic amines) is 1. The van der Waals surface area contributed by atoms with Gasteiger partial charge in [-0.2, -0.15) is 0 Å². The largest absolute Gasteiger partial charge is 0.340 e. The monoisotopic (exact) mass is 366 g/mol. The molecule has 0 saturated carbocycles. The standard InChI is InChI=1S/C19H30N2O3S/c1-5-17-8-6-7-12-20(17)19(22)11-13-21(25(4,23)24)18-14-15(2)9-10-16(18)3/h9-10,14,17H,5-8,11-13H2,1-4H3. The van der Waals surface area contributed by atoms with Crippen LogP contribution < -0.4 is 4.31 Å².